The average molecular weight is 526 g/mol. The van der Waals surface area contributed by atoms with Crippen molar-refractivity contribution in [3.8, 4) is 11.3 Å². The zero-order chi connectivity index (χ0) is 27.4. The molecule has 0 radical (unpaired) electrons. The third-order valence-corrected chi connectivity index (χ3v) is 7.84. The number of amides is 2. The van der Waals surface area contributed by atoms with Crippen molar-refractivity contribution in [1.29, 1.82) is 0 Å². The molecule has 0 aliphatic carbocycles. The Morgan fingerprint density at radius 1 is 1.11 bits per heavy atom. The Hall–Kier alpha value is -3.03. The molecule has 3 fully saturated rings. The molecule has 3 aliphatic rings. The lowest BCUT2D eigenvalue weighted by Gasteiger charge is -2.53. The number of ketones is 1. The van der Waals surface area contributed by atoms with Crippen molar-refractivity contribution >= 4 is 17.6 Å². The first-order chi connectivity index (χ1) is 18.1. The van der Waals surface area contributed by atoms with E-state index >= 15 is 0 Å². The Morgan fingerprint density at radius 3 is 2.50 bits per heavy atom. The van der Waals surface area contributed by atoms with Crippen LogP contribution < -0.4 is 5.32 Å². The van der Waals surface area contributed by atoms with Gasteiger partial charge in [0.25, 0.3) is 0 Å². The van der Waals surface area contributed by atoms with Gasteiger partial charge in [-0.2, -0.15) is 0 Å². The lowest BCUT2D eigenvalue weighted by molar-refractivity contribution is -0.161. The van der Waals surface area contributed by atoms with Crippen LogP contribution >= 0.6 is 0 Å². The van der Waals surface area contributed by atoms with Crippen molar-refractivity contribution in [2.75, 3.05) is 13.1 Å². The summed E-state index contributed by atoms with van der Waals surface area (Å²) in [5, 5.41) is 6.85. The van der Waals surface area contributed by atoms with Crippen molar-refractivity contribution in [2.24, 2.45) is 23.7 Å². The quantitative estimate of drug-likeness (QED) is 0.373. The maximum atomic E-state index is 13.7. The normalized spacial score (nSPS) is 24.9. The molecular weight excluding hydrogens is 485 g/mol. The summed E-state index contributed by atoms with van der Waals surface area (Å²) in [5.41, 5.74) is 0.0910. The van der Waals surface area contributed by atoms with E-state index in [1.807, 2.05) is 0 Å². The zero-order valence-electron chi connectivity index (χ0n) is 23.0. The van der Waals surface area contributed by atoms with Gasteiger partial charge < -0.3 is 14.7 Å². The van der Waals surface area contributed by atoms with Crippen LogP contribution in [0.1, 0.15) is 83.1 Å². The average Bonchev–Trinajstić information content (AvgIpc) is 3.41. The second-order valence-corrected chi connectivity index (χ2v) is 11.8. The fraction of sp³-hybridized carbons (Fsp3) is 0.600. The van der Waals surface area contributed by atoms with Crippen LogP contribution in [0.2, 0.25) is 0 Å². The Morgan fingerprint density at radius 2 is 1.82 bits per heavy atom. The molecule has 2 unspecified atom stereocenters. The summed E-state index contributed by atoms with van der Waals surface area (Å²) in [4.78, 5) is 39.0. The van der Waals surface area contributed by atoms with E-state index in [0.717, 1.165) is 32.2 Å². The van der Waals surface area contributed by atoms with Crippen LogP contribution in [0.3, 0.4) is 0 Å². The minimum atomic E-state index is -0.808. The molecule has 0 bridgehead atoms. The van der Waals surface area contributed by atoms with Crippen LogP contribution in [-0.2, 0) is 9.59 Å². The van der Waals surface area contributed by atoms with Gasteiger partial charge in [0, 0.05) is 31.1 Å². The number of nitrogens with zero attached hydrogens (tertiary/aromatic N) is 2. The molecule has 3 aliphatic heterocycles. The third-order valence-electron chi connectivity index (χ3n) is 7.84. The van der Waals surface area contributed by atoms with E-state index in [-0.39, 0.29) is 35.0 Å². The van der Waals surface area contributed by atoms with Gasteiger partial charge in [0.2, 0.25) is 17.6 Å². The van der Waals surface area contributed by atoms with Gasteiger partial charge >= 0.3 is 0 Å². The van der Waals surface area contributed by atoms with Gasteiger partial charge in [-0.3, -0.25) is 14.4 Å². The zero-order valence-corrected chi connectivity index (χ0v) is 23.0. The van der Waals surface area contributed by atoms with Gasteiger partial charge in [-0.05, 0) is 74.1 Å². The molecule has 2 aromatic rings. The number of aromatic nitrogens is 1. The van der Waals surface area contributed by atoms with Crippen molar-refractivity contribution in [3.05, 3.63) is 41.8 Å². The Bertz CT molecular complexity index is 1130. The summed E-state index contributed by atoms with van der Waals surface area (Å²) >= 11 is 0. The Balaban J connectivity index is 0.000000360. The molecule has 2 amide bonds. The van der Waals surface area contributed by atoms with E-state index < -0.39 is 5.54 Å². The number of rotatable bonds is 7. The highest BCUT2D eigenvalue weighted by Crippen LogP contribution is 2.53. The van der Waals surface area contributed by atoms with Crippen molar-refractivity contribution in [3.63, 3.8) is 0 Å². The van der Waals surface area contributed by atoms with E-state index in [0.29, 0.717) is 48.5 Å². The van der Waals surface area contributed by atoms with Crippen LogP contribution in [0.5, 0.6) is 0 Å². The molecule has 3 atom stereocenters. The Labute approximate surface area is 224 Å². The number of benzene rings is 1. The predicted octanol–water partition coefficient (Wildman–Crippen LogP) is 5.65. The van der Waals surface area contributed by atoms with Crippen LogP contribution in [-0.4, -0.2) is 46.3 Å². The van der Waals surface area contributed by atoms with Gasteiger partial charge in [0.1, 0.15) is 11.4 Å². The Kier molecular flexibility index (Phi) is 8.68. The second kappa shape index (κ2) is 11.8. The molecule has 38 heavy (non-hydrogen) atoms. The molecule has 1 aromatic carbocycles. The number of carbonyl (C=O) groups is 3. The fourth-order valence-corrected chi connectivity index (χ4v) is 6.20. The molecular formula is C30H40FN3O4. The third kappa shape index (κ3) is 5.84. The molecule has 5 rings (SSSR count). The first-order valence-electron chi connectivity index (χ1n) is 14.0. The molecule has 0 spiro atoms. The number of Topliss-reactive ketones (excluding diaryl/α,β-unsaturated/α-hetero) is 1. The highest BCUT2D eigenvalue weighted by atomic mass is 19.1. The summed E-state index contributed by atoms with van der Waals surface area (Å²) in [7, 11) is 0. The minimum absolute atomic E-state index is 0.0885. The summed E-state index contributed by atoms with van der Waals surface area (Å²) < 4.78 is 18.6. The lowest BCUT2D eigenvalue weighted by Crippen LogP contribution is -2.71. The number of halogens is 1. The summed E-state index contributed by atoms with van der Waals surface area (Å²) in [6.45, 7) is 10.0. The summed E-state index contributed by atoms with van der Waals surface area (Å²) in [5.74, 6) is 1.12. The minimum Gasteiger partial charge on any atom is -0.356 e. The SMILES string of the molecule is CC(C)CC1CN2C(=O)[C@@H](CC(C)C)C2(C(=O)c2cc(-c3ccc(F)cc3)on2)C1.O=C1CCCCCN1. The lowest BCUT2D eigenvalue weighted by atomic mass is 9.66. The van der Waals surface area contributed by atoms with Gasteiger partial charge in [-0.25, -0.2) is 4.39 Å². The maximum Gasteiger partial charge on any atom is 0.229 e. The first-order valence-corrected chi connectivity index (χ1v) is 14.0. The molecule has 0 saturated carbocycles. The largest absolute Gasteiger partial charge is 0.356 e. The van der Waals surface area contributed by atoms with Crippen molar-refractivity contribution in [2.45, 2.75) is 78.2 Å². The molecule has 1 aromatic heterocycles. The monoisotopic (exact) mass is 525 g/mol. The van der Waals surface area contributed by atoms with E-state index in [9.17, 15) is 18.8 Å². The maximum absolute atomic E-state index is 13.7. The van der Waals surface area contributed by atoms with Gasteiger partial charge in [0.15, 0.2) is 11.5 Å². The summed E-state index contributed by atoms with van der Waals surface area (Å²) in [6, 6.07) is 7.50. The highest BCUT2D eigenvalue weighted by Gasteiger charge is 2.68. The van der Waals surface area contributed by atoms with Crippen LogP contribution in [0.4, 0.5) is 4.39 Å². The van der Waals surface area contributed by atoms with Crippen molar-refractivity contribution < 1.29 is 23.3 Å². The highest BCUT2D eigenvalue weighted by molar-refractivity contribution is 6.11. The van der Waals surface area contributed by atoms with Gasteiger partial charge in [-0.1, -0.05) is 39.3 Å². The van der Waals surface area contributed by atoms with Crippen LogP contribution in [0, 0.1) is 29.5 Å². The molecule has 1 N–H and O–H groups in total. The van der Waals surface area contributed by atoms with Crippen LogP contribution in [0.15, 0.2) is 34.9 Å². The van der Waals surface area contributed by atoms with E-state index in [1.165, 1.54) is 18.6 Å². The van der Waals surface area contributed by atoms with E-state index in [4.69, 9.17) is 4.52 Å². The number of β-lactam (4-membered cyclic amide) rings is 1. The van der Waals surface area contributed by atoms with E-state index in [1.54, 1.807) is 23.1 Å². The summed E-state index contributed by atoms with van der Waals surface area (Å²) in [6.07, 6.45) is 6.55. The number of hydrogen-bond acceptors (Lipinski definition) is 5. The molecule has 206 valence electrons. The number of hydrogen-bond donors (Lipinski definition) is 1. The number of carbonyl (C=O) groups excluding carboxylic acids is 3. The number of fused-ring (bicyclic) bond motifs is 1. The smallest absolute Gasteiger partial charge is 0.229 e. The first kappa shape index (κ1) is 28.0. The molecule has 3 saturated heterocycles. The predicted molar refractivity (Wildman–Crippen MR) is 143 cm³/mol. The fourth-order valence-electron chi connectivity index (χ4n) is 6.20. The molecule has 7 nitrogen and oxygen atoms in total. The van der Waals surface area contributed by atoms with Gasteiger partial charge in [0.05, 0.1) is 5.92 Å². The standard InChI is InChI=1S/C24H29FN2O3.C6H11NO/c1-14(2)9-16-12-24(19(10-15(3)4)23(29)27(24)13-16)22(28)20-11-21(30-26-20)17-5-7-18(25)8-6-17;8-6-4-2-1-3-5-7-6/h5-8,11,14-16,19H,9-10,12-13H2,1-4H3;1-5H2,(H,7,8)/t16?,19-,24?;/m1./s1. The molecule has 8 heteroatoms. The van der Waals surface area contributed by atoms with Gasteiger partial charge in [-0.15, -0.1) is 0 Å². The van der Waals surface area contributed by atoms with E-state index in [2.05, 4.69) is 38.2 Å². The number of nitrogens with one attached hydrogen (secondary N) is 1. The topological polar surface area (TPSA) is 92.5 Å². The second-order valence-electron chi connectivity index (χ2n) is 11.8. The molecule has 4 heterocycles. The van der Waals surface area contributed by atoms with Crippen molar-refractivity contribution in [1.82, 2.24) is 15.4 Å². The van der Waals surface area contributed by atoms with Crippen LogP contribution in [0.25, 0.3) is 11.3 Å².